The standard InChI is InChI=1S/C15H17N3/c1-4-17-10-12(16-3)9-14-11(2)18-15-8-6-5-7-13(14)15/h5-10,17-18H,2-4H2,1H3/b12-10-,14-9+. The molecule has 92 valence electrons. The van der Waals surface area contributed by atoms with Crippen LogP contribution in [0.15, 0.2) is 41.2 Å². The summed E-state index contributed by atoms with van der Waals surface area (Å²) in [5.74, 6) is 0. The highest BCUT2D eigenvalue weighted by atomic mass is 14.8. The maximum absolute atomic E-state index is 4.03. The minimum absolute atomic E-state index is 0.798. The summed E-state index contributed by atoms with van der Waals surface area (Å²) in [5, 5.41) is 6.22. The van der Waals surface area contributed by atoms with Crippen LogP contribution in [0.3, 0.4) is 0 Å². The van der Waals surface area contributed by atoms with E-state index in [0.29, 0.717) is 0 Å². The number of benzene rings is 1. The van der Waals surface area contributed by atoms with Crippen molar-refractivity contribution in [2.24, 2.45) is 4.99 Å². The molecule has 2 N–H and O–H groups in total. The molecule has 2 aromatic rings. The first-order valence-electron chi connectivity index (χ1n) is 5.94. The zero-order valence-corrected chi connectivity index (χ0v) is 10.5. The first kappa shape index (κ1) is 12.2. The molecule has 0 aliphatic rings. The second-order valence-electron chi connectivity index (χ2n) is 3.99. The molecule has 3 heteroatoms. The molecule has 18 heavy (non-hydrogen) atoms. The molecule has 1 heterocycles. The lowest BCUT2D eigenvalue weighted by molar-refractivity contribution is 0.912. The van der Waals surface area contributed by atoms with Crippen LogP contribution in [-0.2, 0) is 0 Å². The topological polar surface area (TPSA) is 40.2 Å². The zero-order valence-electron chi connectivity index (χ0n) is 10.5. The highest BCUT2D eigenvalue weighted by Gasteiger charge is 1.98. The van der Waals surface area contributed by atoms with Gasteiger partial charge < -0.3 is 10.3 Å². The van der Waals surface area contributed by atoms with Gasteiger partial charge in [0.1, 0.15) is 0 Å². The van der Waals surface area contributed by atoms with Crippen LogP contribution in [0.4, 0.5) is 0 Å². The first-order valence-corrected chi connectivity index (χ1v) is 5.94. The van der Waals surface area contributed by atoms with E-state index in [1.807, 2.05) is 37.4 Å². The van der Waals surface area contributed by atoms with E-state index in [4.69, 9.17) is 0 Å². The van der Waals surface area contributed by atoms with Crippen molar-refractivity contribution in [3.8, 4) is 0 Å². The van der Waals surface area contributed by atoms with Crippen molar-refractivity contribution in [1.82, 2.24) is 10.3 Å². The number of para-hydroxylation sites is 1. The van der Waals surface area contributed by atoms with E-state index in [-0.39, 0.29) is 0 Å². The molecule has 0 bridgehead atoms. The Labute approximate surface area is 106 Å². The van der Waals surface area contributed by atoms with Crippen LogP contribution in [0.1, 0.15) is 6.92 Å². The van der Waals surface area contributed by atoms with E-state index < -0.39 is 0 Å². The molecular weight excluding hydrogens is 222 g/mol. The molecule has 1 aromatic heterocycles. The Kier molecular flexibility index (Phi) is 3.63. The Morgan fingerprint density at radius 1 is 1.44 bits per heavy atom. The van der Waals surface area contributed by atoms with Crippen LogP contribution in [0.5, 0.6) is 0 Å². The van der Waals surface area contributed by atoms with E-state index in [9.17, 15) is 0 Å². The molecule has 0 amide bonds. The second kappa shape index (κ2) is 5.36. The summed E-state index contributed by atoms with van der Waals surface area (Å²) in [4.78, 5) is 7.26. The first-order chi connectivity index (χ1) is 8.76. The van der Waals surface area contributed by atoms with Gasteiger partial charge in [0, 0.05) is 34.2 Å². The van der Waals surface area contributed by atoms with Crippen molar-refractivity contribution >= 4 is 30.3 Å². The van der Waals surface area contributed by atoms with Crippen molar-refractivity contribution in [3.63, 3.8) is 0 Å². The number of rotatable bonds is 4. The van der Waals surface area contributed by atoms with Gasteiger partial charge in [-0.2, -0.15) is 0 Å². The summed E-state index contributed by atoms with van der Waals surface area (Å²) >= 11 is 0. The Hall–Kier alpha value is -2.29. The zero-order chi connectivity index (χ0) is 13.0. The number of aromatic amines is 1. The van der Waals surface area contributed by atoms with E-state index >= 15 is 0 Å². The summed E-state index contributed by atoms with van der Waals surface area (Å²) in [7, 11) is 0. The SMILES string of the molecule is C=NC(=C\NCC)/C=c1\c(=C)[nH]c2ccccc12. The van der Waals surface area contributed by atoms with Gasteiger partial charge in [-0.05, 0) is 25.8 Å². The third-order valence-corrected chi connectivity index (χ3v) is 2.76. The molecule has 2 rings (SSSR count). The number of hydrogen-bond donors (Lipinski definition) is 2. The molecule has 0 saturated carbocycles. The third-order valence-electron chi connectivity index (χ3n) is 2.76. The van der Waals surface area contributed by atoms with Gasteiger partial charge in [0.2, 0.25) is 0 Å². The summed E-state index contributed by atoms with van der Waals surface area (Å²) in [6, 6.07) is 8.13. The fourth-order valence-corrected chi connectivity index (χ4v) is 1.87. The van der Waals surface area contributed by atoms with E-state index in [1.54, 1.807) is 0 Å². The van der Waals surface area contributed by atoms with Gasteiger partial charge in [-0.25, -0.2) is 0 Å². The summed E-state index contributed by atoms with van der Waals surface area (Å²) in [6.45, 7) is 10.5. The van der Waals surface area contributed by atoms with Gasteiger partial charge >= 0.3 is 0 Å². The predicted molar refractivity (Wildman–Crippen MR) is 78.8 cm³/mol. The Balaban J connectivity index is 2.62. The third kappa shape index (κ3) is 2.35. The lowest BCUT2D eigenvalue weighted by Gasteiger charge is -1.95. The largest absolute Gasteiger partial charge is 0.389 e. The van der Waals surface area contributed by atoms with Gasteiger partial charge in [0.05, 0.1) is 5.70 Å². The van der Waals surface area contributed by atoms with Gasteiger partial charge in [-0.1, -0.05) is 24.8 Å². The predicted octanol–water partition coefficient (Wildman–Crippen LogP) is 1.51. The molecule has 0 atom stereocenters. The van der Waals surface area contributed by atoms with E-state index in [0.717, 1.165) is 33.7 Å². The lowest BCUT2D eigenvalue weighted by Crippen LogP contribution is -2.21. The van der Waals surface area contributed by atoms with E-state index in [2.05, 4.69) is 34.7 Å². The van der Waals surface area contributed by atoms with Crippen molar-refractivity contribution < 1.29 is 0 Å². The quantitative estimate of drug-likeness (QED) is 0.780. The summed E-state index contributed by atoms with van der Waals surface area (Å²) in [6.07, 6.45) is 3.84. The van der Waals surface area contributed by atoms with Crippen LogP contribution in [0.25, 0.3) is 23.6 Å². The number of aliphatic imine (C=N–C) groups is 1. The number of allylic oxidation sites excluding steroid dienone is 1. The maximum atomic E-state index is 4.03. The average Bonchev–Trinajstić information content (AvgIpc) is 2.70. The smallest absolute Gasteiger partial charge is 0.0785 e. The van der Waals surface area contributed by atoms with Gasteiger partial charge in [0.15, 0.2) is 0 Å². The molecular formula is C15H17N3. The molecule has 0 fully saturated rings. The van der Waals surface area contributed by atoms with Crippen LogP contribution in [0, 0.1) is 0 Å². The number of aromatic nitrogens is 1. The average molecular weight is 239 g/mol. The van der Waals surface area contributed by atoms with Crippen LogP contribution >= 0.6 is 0 Å². The molecule has 0 unspecified atom stereocenters. The maximum Gasteiger partial charge on any atom is 0.0785 e. The molecule has 0 aliphatic carbocycles. The van der Waals surface area contributed by atoms with Crippen molar-refractivity contribution in [2.75, 3.05) is 6.54 Å². The summed E-state index contributed by atoms with van der Waals surface area (Å²) in [5.41, 5.74) is 1.88. The Morgan fingerprint density at radius 3 is 2.94 bits per heavy atom. The van der Waals surface area contributed by atoms with Crippen molar-refractivity contribution in [1.29, 1.82) is 0 Å². The number of fused-ring (bicyclic) bond motifs is 1. The van der Waals surface area contributed by atoms with Crippen LogP contribution in [0.2, 0.25) is 0 Å². The minimum atomic E-state index is 0.798. The normalized spacial score (nSPS) is 12.9. The molecule has 0 spiro atoms. The minimum Gasteiger partial charge on any atom is -0.389 e. The molecule has 1 aromatic carbocycles. The Morgan fingerprint density at radius 2 is 2.22 bits per heavy atom. The Bertz CT molecular complexity index is 692. The second-order valence-corrected chi connectivity index (χ2v) is 3.99. The van der Waals surface area contributed by atoms with Crippen molar-refractivity contribution in [3.05, 3.63) is 46.7 Å². The molecule has 3 nitrogen and oxygen atoms in total. The molecule has 0 saturated heterocycles. The van der Waals surface area contributed by atoms with Gasteiger partial charge in [-0.15, -0.1) is 0 Å². The summed E-state index contributed by atoms with van der Waals surface area (Å²) < 4.78 is 0. The van der Waals surface area contributed by atoms with Crippen molar-refractivity contribution in [2.45, 2.75) is 6.92 Å². The van der Waals surface area contributed by atoms with E-state index in [1.165, 1.54) is 0 Å². The molecule has 0 radical (unpaired) electrons. The van der Waals surface area contributed by atoms with Gasteiger partial charge in [0.25, 0.3) is 0 Å². The monoisotopic (exact) mass is 239 g/mol. The number of H-pyrrole nitrogens is 1. The van der Waals surface area contributed by atoms with Crippen LogP contribution in [-0.4, -0.2) is 18.2 Å². The fourth-order valence-electron chi connectivity index (χ4n) is 1.87. The number of nitrogens with zero attached hydrogens (tertiary/aromatic N) is 1. The highest BCUT2D eigenvalue weighted by Crippen LogP contribution is 2.04. The molecule has 0 aliphatic heterocycles. The number of nitrogens with one attached hydrogen (secondary N) is 2. The lowest BCUT2D eigenvalue weighted by atomic mass is 10.2. The fraction of sp³-hybridized carbons (Fsp3) is 0.133. The highest BCUT2D eigenvalue weighted by molar-refractivity contribution is 5.81. The van der Waals surface area contributed by atoms with Gasteiger partial charge in [-0.3, -0.25) is 4.99 Å². The number of hydrogen-bond acceptors (Lipinski definition) is 2. The van der Waals surface area contributed by atoms with Crippen LogP contribution < -0.4 is 15.9 Å².